The van der Waals surface area contributed by atoms with E-state index in [-0.39, 0.29) is 6.04 Å². The molecule has 1 saturated carbocycles. The molecule has 0 saturated heterocycles. The highest BCUT2D eigenvalue weighted by Crippen LogP contribution is 2.31. The Labute approximate surface area is 121 Å². The quantitative estimate of drug-likeness (QED) is 0.897. The molecule has 1 aromatic heterocycles. The molecule has 0 aliphatic heterocycles. The van der Waals surface area contributed by atoms with Crippen LogP contribution in [0.15, 0.2) is 4.90 Å². The summed E-state index contributed by atoms with van der Waals surface area (Å²) in [6.07, 6.45) is 4.33. The van der Waals surface area contributed by atoms with Gasteiger partial charge in [-0.3, -0.25) is 5.10 Å². The van der Waals surface area contributed by atoms with Gasteiger partial charge in [0, 0.05) is 6.04 Å². The lowest BCUT2D eigenvalue weighted by atomic mass is 9.78. The number of H-pyrrole nitrogens is 1. The molecule has 1 fully saturated rings. The van der Waals surface area contributed by atoms with E-state index in [1.54, 1.807) is 13.8 Å². The molecule has 5 nitrogen and oxygen atoms in total. The second kappa shape index (κ2) is 5.85. The van der Waals surface area contributed by atoms with Crippen molar-refractivity contribution in [2.45, 2.75) is 64.3 Å². The van der Waals surface area contributed by atoms with Crippen LogP contribution in [0.25, 0.3) is 0 Å². The van der Waals surface area contributed by atoms with Crippen LogP contribution in [-0.2, 0) is 10.0 Å². The van der Waals surface area contributed by atoms with Gasteiger partial charge in [0.15, 0.2) is 0 Å². The lowest BCUT2D eigenvalue weighted by Gasteiger charge is -2.34. The summed E-state index contributed by atoms with van der Waals surface area (Å²) in [5, 5.41) is 6.73. The number of nitrogens with zero attached hydrogens (tertiary/aromatic N) is 1. The molecule has 0 aromatic carbocycles. The third-order valence-electron chi connectivity index (χ3n) is 4.31. The van der Waals surface area contributed by atoms with Crippen molar-refractivity contribution in [3.63, 3.8) is 0 Å². The summed E-state index contributed by atoms with van der Waals surface area (Å²) in [5.41, 5.74) is 1.14. The van der Waals surface area contributed by atoms with Crippen LogP contribution in [0, 0.1) is 25.7 Å². The minimum absolute atomic E-state index is 0.0439. The number of hydrogen-bond donors (Lipinski definition) is 2. The third-order valence-corrected chi connectivity index (χ3v) is 6.06. The molecule has 1 aromatic rings. The fourth-order valence-corrected chi connectivity index (χ4v) is 4.99. The summed E-state index contributed by atoms with van der Waals surface area (Å²) in [6.45, 7) is 7.81. The van der Waals surface area contributed by atoms with Crippen LogP contribution < -0.4 is 4.72 Å². The standard InChI is InChI=1S/C14H25N3O2S/c1-9(2)12-7-5-6-8-13(12)17-20(18,19)14-10(3)15-16-11(14)4/h9,12-13,17H,5-8H2,1-4H3,(H,15,16). The maximum atomic E-state index is 12.6. The number of nitrogens with one attached hydrogen (secondary N) is 2. The van der Waals surface area contributed by atoms with Gasteiger partial charge in [-0.15, -0.1) is 0 Å². The zero-order chi connectivity index (χ0) is 14.9. The van der Waals surface area contributed by atoms with Crippen LogP contribution >= 0.6 is 0 Å². The number of hydrogen-bond acceptors (Lipinski definition) is 3. The highest BCUT2D eigenvalue weighted by molar-refractivity contribution is 7.89. The summed E-state index contributed by atoms with van der Waals surface area (Å²) in [4.78, 5) is 0.311. The molecule has 2 rings (SSSR count). The molecule has 114 valence electrons. The Hall–Kier alpha value is -0.880. The first-order valence-corrected chi connectivity index (χ1v) is 8.85. The minimum Gasteiger partial charge on any atom is -0.281 e. The molecule has 0 amide bonds. The average molecular weight is 299 g/mol. The summed E-state index contributed by atoms with van der Waals surface area (Å²) < 4.78 is 28.1. The molecule has 20 heavy (non-hydrogen) atoms. The first kappa shape index (κ1) is 15.5. The second-order valence-electron chi connectivity index (χ2n) is 6.18. The van der Waals surface area contributed by atoms with Crippen molar-refractivity contribution < 1.29 is 8.42 Å². The fourth-order valence-electron chi connectivity index (χ4n) is 3.30. The average Bonchev–Trinajstić information content (AvgIpc) is 2.69. The van der Waals surface area contributed by atoms with Gasteiger partial charge in [-0.05, 0) is 38.5 Å². The van der Waals surface area contributed by atoms with Gasteiger partial charge < -0.3 is 0 Å². The molecule has 0 radical (unpaired) electrons. The van der Waals surface area contributed by atoms with E-state index in [0.29, 0.717) is 28.1 Å². The van der Waals surface area contributed by atoms with Crippen molar-refractivity contribution in [3.8, 4) is 0 Å². The van der Waals surface area contributed by atoms with E-state index in [9.17, 15) is 8.42 Å². The van der Waals surface area contributed by atoms with Crippen LogP contribution in [0.5, 0.6) is 0 Å². The zero-order valence-corrected chi connectivity index (χ0v) is 13.5. The second-order valence-corrected chi connectivity index (χ2v) is 7.83. The van der Waals surface area contributed by atoms with Crippen LogP contribution in [0.1, 0.15) is 50.9 Å². The Kier molecular flexibility index (Phi) is 4.54. The van der Waals surface area contributed by atoms with Gasteiger partial charge in [0.2, 0.25) is 10.0 Å². The molecule has 0 bridgehead atoms. The molecular weight excluding hydrogens is 274 g/mol. The number of aromatic nitrogens is 2. The van der Waals surface area contributed by atoms with E-state index in [0.717, 1.165) is 19.3 Å². The monoisotopic (exact) mass is 299 g/mol. The van der Waals surface area contributed by atoms with Crippen LogP contribution in [-0.4, -0.2) is 24.7 Å². The summed E-state index contributed by atoms with van der Waals surface area (Å²) in [6, 6.07) is 0.0439. The van der Waals surface area contributed by atoms with Crippen molar-refractivity contribution in [1.29, 1.82) is 0 Å². The SMILES string of the molecule is Cc1n[nH]c(C)c1S(=O)(=O)NC1CCCCC1C(C)C. The largest absolute Gasteiger partial charge is 0.281 e. The predicted octanol–water partition coefficient (Wildman–Crippen LogP) is 2.52. The summed E-state index contributed by atoms with van der Waals surface area (Å²) in [7, 11) is -3.49. The Morgan fingerprint density at radius 3 is 2.45 bits per heavy atom. The Morgan fingerprint density at radius 2 is 1.90 bits per heavy atom. The van der Waals surface area contributed by atoms with Crippen molar-refractivity contribution >= 4 is 10.0 Å². The molecule has 6 heteroatoms. The van der Waals surface area contributed by atoms with E-state index in [2.05, 4.69) is 28.8 Å². The molecular formula is C14H25N3O2S. The molecule has 1 aliphatic rings. The number of aryl methyl sites for hydroxylation is 2. The number of aromatic amines is 1. The minimum atomic E-state index is -3.49. The van der Waals surface area contributed by atoms with Crippen molar-refractivity contribution in [3.05, 3.63) is 11.4 Å². The van der Waals surface area contributed by atoms with Gasteiger partial charge in [-0.25, -0.2) is 13.1 Å². The lowest BCUT2D eigenvalue weighted by Crippen LogP contribution is -2.44. The Bertz CT molecular complexity index is 543. The van der Waals surface area contributed by atoms with E-state index >= 15 is 0 Å². The van der Waals surface area contributed by atoms with Crippen LogP contribution in [0.3, 0.4) is 0 Å². The van der Waals surface area contributed by atoms with Gasteiger partial charge in [0.25, 0.3) is 0 Å². The summed E-state index contributed by atoms with van der Waals surface area (Å²) in [5.74, 6) is 0.917. The highest BCUT2D eigenvalue weighted by atomic mass is 32.2. The third kappa shape index (κ3) is 3.06. The van der Waals surface area contributed by atoms with Crippen LogP contribution in [0.2, 0.25) is 0 Å². The van der Waals surface area contributed by atoms with E-state index in [1.165, 1.54) is 6.42 Å². The molecule has 2 atom stereocenters. The van der Waals surface area contributed by atoms with Gasteiger partial charge in [0.1, 0.15) is 4.90 Å². The summed E-state index contributed by atoms with van der Waals surface area (Å²) >= 11 is 0. The fraction of sp³-hybridized carbons (Fsp3) is 0.786. The Balaban J connectivity index is 2.23. The van der Waals surface area contributed by atoms with E-state index < -0.39 is 10.0 Å². The smallest absolute Gasteiger partial charge is 0.244 e. The van der Waals surface area contributed by atoms with Crippen LogP contribution in [0.4, 0.5) is 0 Å². The van der Waals surface area contributed by atoms with Gasteiger partial charge in [-0.2, -0.15) is 5.10 Å². The maximum Gasteiger partial charge on any atom is 0.244 e. The topological polar surface area (TPSA) is 74.8 Å². The van der Waals surface area contributed by atoms with E-state index in [4.69, 9.17) is 0 Å². The van der Waals surface area contributed by atoms with Crippen molar-refractivity contribution in [2.75, 3.05) is 0 Å². The first-order chi connectivity index (χ1) is 9.33. The zero-order valence-electron chi connectivity index (χ0n) is 12.7. The molecule has 2 N–H and O–H groups in total. The molecule has 1 aliphatic carbocycles. The lowest BCUT2D eigenvalue weighted by molar-refractivity contribution is 0.226. The highest BCUT2D eigenvalue weighted by Gasteiger charge is 2.32. The maximum absolute atomic E-state index is 12.6. The predicted molar refractivity (Wildman–Crippen MR) is 79.0 cm³/mol. The molecule has 1 heterocycles. The van der Waals surface area contributed by atoms with Gasteiger partial charge in [-0.1, -0.05) is 26.7 Å². The van der Waals surface area contributed by atoms with E-state index in [1.807, 2.05) is 0 Å². The molecule has 0 spiro atoms. The normalized spacial score (nSPS) is 24.2. The van der Waals surface area contributed by atoms with Gasteiger partial charge >= 0.3 is 0 Å². The molecule has 2 unspecified atom stereocenters. The van der Waals surface area contributed by atoms with Gasteiger partial charge in [0.05, 0.1) is 11.4 Å². The first-order valence-electron chi connectivity index (χ1n) is 7.37. The number of sulfonamides is 1. The van der Waals surface area contributed by atoms with Crippen molar-refractivity contribution in [1.82, 2.24) is 14.9 Å². The Morgan fingerprint density at radius 1 is 1.25 bits per heavy atom. The van der Waals surface area contributed by atoms with Crippen molar-refractivity contribution in [2.24, 2.45) is 11.8 Å². The number of rotatable bonds is 4.